The number of hydrogen-bond acceptors (Lipinski definition) is 1. The molecule has 0 aromatic heterocycles. The Morgan fingerprint density at radius 1 is 0.905 bits per heavy atom. The summed E-state index contributed by atoms with van der Waals surface area (Å²) in [5.41, 5.74) is 4.00. The summed E-state index contributed by atoms with van der Waals surface area (Å²) in [4.78, 5) is 0. The molecule has 0 aliphatic carbocycles. The van der Waals surface area contributed by atoms with E-state index in [9.17, 15) is 4.57 Å². The molecule has 2 rings (SSSR count). The van der Waals surface area contributed by atoms with Gasteiger partial charge in [-0.15, -0.1) is 0 Å². The number of hydrogen-bond donors (Lipinski definition) is 0. The van der Waals surface area contributed by atoms with E-state index in [0.29, 0.717) is 0 Å². The topological polar surface area (TPSA) is 29.4 Å². The number of nitrogens with zero attached hydrogens (tertiary/aromatic N) is 1. The number of benzene rings is 2. The van der Waals surface area contributed by atoms with Gasteiger partial charge in [-0.1, -0.05) is 60.7 Å². The van der Waals surface area contributed by atoms with Crippen LogP contribution in [0, 0.1) is 0 Å². The molecular formula is C18H20NOP. The minimum absolute atomic E-state index is 0.769. The molecular weight excluding hydrogens is 277 g/mol. The first-order valence-corrected chi connectivity index (χ1v) is 9.45. The Hall–Kier alpha value is -1.92. The third kappa shape index (κ3) is 4.84. The highest BCUT2D eigenvalue weighted by Gasteiger charge is 2.08. The molecule has 0 N–H and O–H groups in total. The molecule has 0 fully saturated rings. The lowest BCUT2D eigenvalue weighted by molar-refractivity contribution is 0.583. The van der Waals surface area contributed by atoms with Gasteiger partial charge >= 0.3 is 0 Å². The lowest BCUT2D eigenvalue weighted by atomic mass is 10.0. The molecule has 2 aromatic carbocycles. The van der Waals surface area contributed by atoms with E-state index in [1.165, 1.54) is 0 Å². The van der Waals surface area contributed by atoms with E-state index < -0.39 is 7.29 Å². The van der Waals surface area contributed by atoms with Crippen LogP contribution in [0.2, 0.25) is 0 Å². The van der Waals surface area contributed by atoms with Crippen LogP contribution in [0.15, 0.2) is 71.5 Å². The highest BCUT2D eigenvalue weighted by molar-refractivity contribution is 7.61. The fourth-order valence-corrected chi connectivity index (χ4v) is 2.72. The second-order valence-electron chi connectivity index (χ2n) is 5.34. The predicted molar refractivity (Wildman–Crippen MR) is 92.5 cm³/mol. The largest absolute Gasteiger partial charge is 0.299 e. The first-order valence-electron chi connectivity index (χ1n) is 6.90. The number of allylic oxidation sites excluding steroid dienone is 2. The van der Waals surface area contributed by atoms with E-state index in [0.717, 1.165) is 22.4 Å². The normalized spacial score (nSPS) is 13.3. The average molecular weight is 297 g/mol. The van der Waals surface area contributed by atoms with Crippen molar-refractivity contribution in [2.24, 2.45) is 4.76 Å². The van der Waals surface area contributed by atoms with E-state index in [2.05, 4.69) is 16.9 Å². The maximum absolute atomic E-state index is 12.1. The molecule has 0 saturated carbocycles. The molecule has 0 bridgehead atoms. The zero-order valence-electron chi connectivity index (χ0n) is 12.7. The van der Waals surface area contributed by atoms with E-state index in [1.54, 1.807) is 13.3 Å². The Morgan fingerprint density at radius 3 is 1.86 bits per heavy atom. The van der Waals surface area contributed by atoms with Crippen molar-refractivity contribution in [3.8, 4) is 0 Å². The van der Waals surface area contributed by atoms with Crippen molar-refractivity contribution in [1.29, 1.82) is 0 Å². The summed E-state index contributed by atoms with van der Waals surface area (Å²) in [5, 5.41) is 0. The third-order valence-corrected chi connectivity index (χ3v) is 3.70. The van der Waals surface area contributed by atoms with Crippen molar-refractivity contribution < 1.29 is 4.57 Å². The zero-order chi connectivity index (χ0) is 15.3. The Bertz CT molecular complexity index is 697. The summed E-state index contributed by atoms with van der Waals surface area (Å²) in [6.45, 7) is 5.41. The first kappa shape index (κ1) is 15.5. The molecule has 0 spiro atoms. The van der Waals surface area contributed by atoms with Crippen LogP contribution in [-0.2, 0) is 4.57 Å². The van der Waals surface area contributed by atoms with Gasteiger partial charge in [-0.2, -0.15) is 0 Å². The molecule has 0 aliphatic heterocycles. The fraction of sp³-hybridized carbons (Fsp3) is 0.167. The maximum Gasteiger partial charge on any atom is 0.184 e. The molecule has 0 amide bonds. The molecule has 21 heavy (non-hydrogen) atoms. The van der Waals surface area contributed by atoms with Crippen molar-refractivity contribution in [2.75, 3.05) is 13.3 Å². The Balaban J connectivity index is 2.47. The lowest BCUT2D eigenvalue weighted by Crippen LogP contribution is -1.98. The summed E-state index contributed by atoms with van der Waals surface area (Å²) in [6.07, 6.45) is 2.00. The van der Waals surface area contributed by atoms with Crippen LogP contribution in [0.1, 0.15) is 18.1 Å². The van der Waals surface area contributed by atoms with Crippen LogP contribution < -0.4 is 0 Å². The minimum Gasteiger partial charge on any atom is -0.299 e. The van der Waals surface area contributed by atoms with Gasteiger partial charge in [-0.3, -0.25) is 4.57 Å². The van der Waals surface area contributed by atoms with Crippen LogP contribution in [0.25, 0.3) is 5.57 Å². The summed E-state index contributed by atoms with van der Waals surface area (Å²) in [7, 11) is -2.49. The summed E-state index contributed by atoms with van der Waals surface area (Å²) in [5.74, 6) is 0. The molecule has 2 nitrogen and oxygen atoms in total. The lowest BCUT2D eigenvalue weighted by Gasteiger charge is -2.08. The highest BCUT2D eigenvalue weighted by Crippen LogP contribution is 2.38. The summed E-state index contributed by atoms with van der Waals surface area (Å²) >= 11 is 0. The van der Waals surface area contributed by atoms with Crippen LogP contribution in [0.3, 0.4) is 0 Å². The van der Waals surface area contributed by atoms with Crippen molar-refractivity contribution in [3.05, 3.63) is 77.9 Å². The van der Waals surface area contributed by atoms with E-state index in [-0.39, 0.29) is 0 Å². The molecule has 0 saturated heterocycles. The minimum atomic E-state index is -2.49. The van der Waals surface area contributed by atoms with Crippen molar-refractivity contribution in [2.45, 2.75) is 6.92 Å². The number of rotatable bonds is 4. The molecule has 0 unspecified atom stereocenters. The van der Waals surface area contributed by atoms with Crippen LogP contribution >= 0.6 is 7.29 Å². The Kier molecular flexibility index (Phi) is 4.93. The van der Waals surface area contributed by atoms with E-state index in [1.807, 2.05) is 61.5 Å². The van der Waals surface area contributed by atoms with Gasteiger partial charge in [0.25, 0.3) is 0 Å². The van der Waals surface area contributed by atoms with Crippen molar-refractivity contribution in [3.63, 3.8) is 0 Å². The maximum atomic E-state index is 12.1. The average Bonchev–Trinajstić information content (AvgIpc) is 2.47. The standard InChI is InChI=1S/C18H20NOP/c1-15(16-10-6-4-7-11-16)14-18(19-21(2,3)20)17-12-8-5-9-13-17/h4-14H,1-3H3/b15-14+,19-18?. The van der Waals surface area contributed by atoms with Gasteiger partial charge in [0.15, 0.2) is 7.29 Å². The SMILES string of the molecule is C/C(=C\C(=NP(C)(C)=O)c1ccccc1)c1ccccc1. The van der Waals surface area contributed by atoms with Gasteiger partial charge in [-0.25, -0.2) is 4.76 Å². The monoisotopic (exact) mass is 297 g/mol. The predicted octanol–water partition coefficient (Wildman–Crippen LogP) is 5.12. The molecule has 0 aliphatic rings. The highest BCUT2D eigenvalue weighted by atomic mass is 31.2. The van der Waals surface area contributed by atoms with E-state index >= 15 is 0 Å². The molecule has 3 heteroatoms. The Labute approximate surface area is 126 Å². The van der Waals surface area contributed by atoms with Crippen LogP contribution in [-0.4, -0.2) is 19.0 Å². The van der Waals surface area contributed by atoms with Crippen LogP contribution in [0.4, 0.5) is 0 Å². The van der Waals surface area contributed by atoms with Crippen molar-refractivity contribution in [1.82, 2.24) is 0 Å². The Morgan fingerprint density at radius 2 is 1.38 bits per heavy atom. The second kappa shape index (κ2) is 6.69. The quantitative estimate of drug-likeness (QED) is 0.569. The molecule has 108 valence electrons. The van der Waals surface area contributed by atoms with Gasteiger partial charge < -0.3 is 0 Å². The van der Waals surface area contributed by atoms with Gasteiger partial charge in [0.1, 0.15) is 0 Å². The third-order valence-electron chi connectivity index (χ3n) is 3.00. The first-order chi connectivity index (χ1) is 9.96. The zero-order valence-corrected chi connectivity index (χ0v) is 13.5. The molecule has 0 heterocycles. The van der Waals surface area contributed by atoms with Gasteiger partial charge in [0.05, 0.1) is 5.71 Å². The smallest absolute Gasteiger partial charge is 0.184 e. The van der Waals surface area contributed by atoms with Crippen LogP contribution in [0.5, 0.6) is 0 Å². The molecule has 2 aromatic rings. The van der Waals surface area contributed by atoms with Gasteiger partial charge in [0.2, 0.25) is 0 Å². The summed E-state index contributed by atoms with van der Waals surface area (Å²) in [6, 6.07) is 20.0. The van der Waals surface area contributed by atoms with Gasteiger partial charge in [0, 0.05) is 18.9 Å². The molecule has 0 radical (unpaired) electrons. The van der Waals surface area contributed by atoms with Gasteiger partial charge in [-0.05, 0) is 24.1 Å². The fourth-order valence-electron chi connectivity index (χ4n) is 2.03. The summed E-state index contributed by atoms with van der Waals surface area (Å²) < 4.78 is 16.5. The van der Waals surface area contributed by atoms with Crippen molar-refractivity contribution >= 4 is 18.6 Å². The molecule has 0 atom stereocenters. The van der Waals surface area contributed by atoms with E-state index in [4.69, 9.17) is 0 Å². The second-order valence-corrected chi connectivity index (χ2v) is 8.13.